The Morgan fingerprint density at radius 3 is 2.62 bits per heavy atom. The van der Waals surface area contributed by atoms with Crippen LogP contribution in [0.4, 0.5) is 0 Å². The molecule has 2 nitrogen and oxygen atoms in total. The molecule has 0 aromatic heterocycles. The Hall–Kier alpha value is -0.370. The van der Waals surface area contributed by atoms with Crippen molar-refractivity contribution < 1.29 is 9.53 Å². The molecular formula is C11H18O2. The summed E-state index contributed by atoms with van der Waals surface area (Å²) >= 11 is 0. The second kappa shape index (κ2) is 2.57. The Kier molecular flexibility index (Phi) is 1.82. The molecule has 0 aromatic carbocycles. The summed E-state index contributed by atoms with van der Waals surface area (Å²) in [5.41, 5.74) is -0.0838. The van der Waals surface area contributed by atoms with Gasteiger partial charge in [0.2, 0.25) is 0 Å². The van der Waals surface area contributed by atoms with E-state index in [0.717, 1.165) is 25.7 Å². The van der Waals surface area contributed by atoms with Gasteiger partial charge in [0, 0.05) is 5.92 Å². The van der Waals surface area contributed by atoms with E-state index in [1.165, 1.54) is 0 Å². The molecule has 0 saturated carbocycles. The van der Waals surface area contributed by atoms with Crippen molar-refractivity contribution in [2.24, 2.45) is 5.92 Å². The van der Waals surface area contributed by atoms with Crippen LogP contribution in [0.3, 0.4) is 0 Å². The summed E-state index contributed by atoms with van der Waals surface area (Å²) in [5.74, 6) is 0.439. The minimum atomic E-state index is -0.154. The Morgan fingerprint density at radius 1 is 1.31 bits per heavy atom. The number of ether oxygens (including phenoxy) is 1. The largest absolute Gasteiger partial charge is 0.368 e. The third kappa shape index (κ3) is 1.32. The molecule has 2 heterocycles. The normalized spacial score (nSPS) is 49.3. The lowest BCUT2D eigenvalue weighted by atomic mass is 9.81. The standard InChI is InChI=1S/C11H18O2/c1-8(12)9-4-5-10(2)6-7-11(9,3)13-10/h9H,4-7H2,1-3H3. The molecule has 2 aliphatic rings. The smallest absolute Gasteiger partial charge is 0.135 e. The summed E-state index contributed by atoms with van der Waals surface area (Å²) in [6.45, 7) is 5.97. The fourth-order valence-electron chi connectivity index (χ4n) is 2.99. The van der Waals surface area contributed by atoms with Crippen molar-refractivity contribution in [3.8, 4) is 0 Å². The Labute approximate surface area is 79.7 Å². The van der Waals surface area contributed by atoms with E-state index in [9.17, 15) is 4.79 Å². The molecule has 74 valence electrons. The van der Waals surface area contributed by atoms with Crippen LogP contribution in [0.2, 0.25) is 0 Å². The highest BCUT2D eigenvalue weighted by atomic mass is 16.5. The molecule has 2 aliphatic heterocycles. The zero-order valence-electron chi connectivity index (χ0n) is 8.72. The lowest BCUT2D eigenvalue weighted by Gasteiger charge is -2.41. The molecule has 3 atom stereocenters. The summed E-state index contributed by atoms with van der Waals surface area (Å²) < 4.78 is 6.03. The molecule has 2 rings (SSSR count). The van der Waals surface area contributed by atoms with Gasteiger partial charge in [-0.2, -0.15) is 0 Å². The van der Waals surface area contributed by atoms with E-state index < -0.39 is 0 Å². The van der Waals surface area contributed by atoms with E-state index in [2.05, 4.69) is 13.8 Å². The van der Waals surface area contributed by atoms with Gasteiger partial charge in [-0.3, -0.25) is 4.79 Å². The number of ketones is 1. The lowest BCUT2D eigenvalue weighted by molar-refractivity contribution is -0.163. The maximum absolute atomic E-state index is 11.4. The summed E-state index contributed by atoms with van der Waals surface area (Å²) in [7, 11) is 0. The topological polar surface area (TPSA) is 26.3 Å². The van der Waals surface area contributed by atoms with Gasteiger partial charge in [0.1, 0.15) is 5.78 Å². The summed E-state index contributed by atoms with van der Waals surface area (Å²) in [6, 6.07) is 0. The van der Waals surface area contributed by atoms with Gasteiger partial charge in [0.05, 0.1) is 11.2 Å². The highest BCUT2D eigenvalue weighted by molar-refractivity contribution is 5.79. The third-order valence-electron chi connectivity index (χ3n) is 3.82. The van der Waals surface area contributed by atoms with Crippen molar-refractivity contribution in [2.75, 3.05) is 0 Å². The van der Waals surface area contributed by atoms with E-state index >= 15 is 0 Å². The predicted octanol–water partition coefficient (Wildman–Crippen LogP) is 2.31. The van der Waals surface area contributed by atoms with Crippen molar-refractivity contribution in [3.63, 3.8) is 0 Å². The first kappa shape index (κ1) is 9.20. The quantitative estimate of drug-likeness (QED) is 0.622. The van der Waals surface area contributed by atoms with E-state index in [4.69, 9.17) is 4.74 Å². The number of hydrogen-bond donors (Lipinski definition) is 0. The zero-order chi connectivity index (χ0) is 9.69. The molecule has 0 radical (unpaired) electrons. The number of carbonyl (C=O) groups excluding carboxylic acids is 1. The second-order valence-electron chi connectivity index (χ2n) is 5.07. The van der Waals surface area contributed by atoms with E-state index in [-0.39, 0.29) is 17.1 Å². The number of hydrogen-bond acceptors (Lipinski definition) is 2. The second-order valence-corrected chi connectivity index (χ2v) is 5.07. The third-order valence-corrected chi connectivity index (χ3v) is 3.82. The van der Waals surface area contributed by atoms with Gasteiger partial charge in [-0.05, 0) is 46.5 Å². The number of carbonyl (C=O) groups is 1. The molecule has 0 amide bonds. The number of fused-ring (bicyclic) bond motifs is 2. The molecule has 0 spiro atoms. The number of Topliss-reactive ketones (excluding diaryl/α,β-unsaturated/α-hetero) is 1. The highest BCUT2D eigenvalue weighted by Gasteiger charge is 2.53. The maximum atomic E-state index is 11.4. The number of rotatable bonds is 1. The summed E-state index contributed by atoms with van der Waals surface area (Å²) in [5, 5.41) is 0. The van der Waals surface area contributed by atoms with Crippen LogP contribution < -0.4 is 0 Å². The van der Waals surface area contributed by atoms with E-state index in [0.29, 0.717) is 5.78 Å². The van der Waals surface area contributed by atoms with E-state index in [1.807, 2.05) is 0 Å². The van der Waals surface area contributed by atoms with Gasteiger partial charge >= 0.3 is 0 Å². The fraction of sp³-hybridized carbons (Fsp3) is 0.909. The molecule has 13 heavy (non-hydrogen) atoms. The summed E-state index contributed by atoms with van der Waals surface area (Å²) in [4.78, 5) is 11.4. The van der Waals surface area contributed by atoms with Crippen LogP contribution in [0.15, 0.2) is 0 Å². The van der Waals surface area contributed by atoms with Gasteiger partial charge in [-0.25, -0.2) is 0 Å². The predicted molar refractivity (Wildman–Crippen MR) is 50.5 cm³/mol. The highest BCUT2D eigenvalue weighted by Crippen LogP contribution is 2.50. The Bertz CT molecular complexity index is 248. The van der Waals surface area contributed by atoms with Crippen molar-refractivity contribution in [1.29, 1.82) is 0 Å². The SMILES string of the molecule is CC(=O)C1CCC2(C)CCC1(C)O2. The lowest BCUT2D eigenvalue weighted by Crippen LogP contribution is -2.45. The van der Waals surface area contributed by atoms with E-state index in [1.54, 1.807) is 6.92 Å². The fourth-order valence-corrected chi connectivity index (χ4v) is 2.99. The van der Waals surface area contributed by atoms with Gasteiger partial charge < -0.3 is 4.74 Å². The summed E-state index contributed by atoms with van der Waals surface area (Å²) in [6.07, 6.45) is 4.23. The molecular weight excluding hydrogens is 164 g/mol. The van der Waals surface area contributed by atoms with Gasteiger partial charge in [0.15, 0.2) is 0 Å². The average molecular weight is 182 g/mol. The molecule has 2 fully saturated rings. The molecule has 0 N–H and O–H groups in total. The van der Waals surface area contributed by atoms with Crippen LogP contribution in [0.5, 0.6) is 0 Å². The minimum absolute atomic E-state index is 0.0701. The average Bonchev–Trinajstić information content (AvgIpc) is 2.22. The molecule has 2 bridgehead atoms. The van der Waals surface area contributed by atoms with Crippen molar-refractivity contribution in [1.82, 2.24) is 0 Å². The van der Waals surface area contributed by atoms with Crippen LogP contribution in [-0.4, -0.2) is 17.0 Å². The van der Waals surface area contributed by atoms with Crippen LogP contribution in [0.25, 0.3) is 0 Å². The van der Waals surface area contributed by atoms with Gasteiger partial charge in [0.25, 0.3) is 0 Å². The maximum Gasteiger partial charge on any atom is 0.135 e. The van der Waals surface area contributed by atoms with Crippen LogP contribution in [0, 0.1) is 5.92 Å². The molecule has 0 aliphatic carbocycles. The van der Waals surface area contributed by atoms with Gasteiger partial charge in [-0.15, -0.1) is 0 Å². The Morgan fingerprint density at radius 2 is 2.00 bits per heavy atom. The molecule has 0 aromatic rings. The first-order valence-corrected chi connectivity index (χ1v) is 5.16. The molecule has 2 heteroatoms. The van der Waals surface area contributed by atoms with Crippen molar-refractivity contribution >= 4 is 5.78 Å². The van der Waals surface area contributed by atoms with Crippen molar-refractivity contribution in [2.45, 2.75) is 57.7 Å². The van der Waals surface area contributed by atoms with Crippen LogP contribution >= 0.6 is 0 Å². The first-order chi connectivity index (χ1) is 5.95. The Balaban J connectivity index is 2.24. The monoisotopic (exact) mass is 182 g/mol. The zero-order valence-corrected chi connectivity index (χ0v) is 8.72. The van der Waals surface area contributed by atoms with Crippen LogP contribution in [-0.2, 0) is 9.53 Å². The first-order valence-electron chi connectivity index (χ1n) is 5.16. The van der Waals surface area contributed by atoms with Crippen LogP contribution in [0.1, 0.15) is 46.5 Å². The van der Waals surface area contributed by atoms with Gasteiger partial charge in [-0.1, -0.05) is 0 Å². The molecule has 3 unspecified atom stereocenters. The minimum Gasteiger partial charge on any atom is -0.368 e. The molecule has 2 saturated heterocycles. The van der Waals surface area contributed by atoms with Crippen molar-refractivity contribution in [3.05, 3.63) is 0 Å².